The van der Waals surface area contributed by atoms with Crippen LogP contribution in [0.5, 0.6) is 11.5 Å². The highest BCUT2D eigenvalue weighted by Crippen LogP contribution is 2.45. The van der Waals surface area contributed by atoms with Gasteiger partial charge in [-0.1, -0.05) is 50.5 Å². The summed E-state index contributed by atoms with van der Waals surface area (Å²) >= 11 is 0. The molecule has 0 spiro atoms. The third kappa shape index (κ3) is 4.78. The average Bonchev–Trinajstić information content (AvgIpc) is 3.60. The lowest BCUT2D eigenvalue weighted by Crippen LogP contribution is -2.36. The number of nitrogens with zero attached hydrogens (tertiary/aromatic N) is 2. The summed E-state index contributed by atoms with van der Waals surface area (Å²) in [4.78, 5) is 15.4. The topological polar surface area (TPSA) is 87.7 Å². The minimum absolute atomic E-state index is 0.0257. The van der Waals surface area contributed by atoms with Crippen LogP contribution in [0.15, 0.2) is 48.5 Å². The molecule has 184 valence electrons. The Balaban J connectivity index is 1.45. The van der Waals surface area contributed by atoms with Crippen LogP contribution in [0.1, 0.15) is 73.1 Å². The molecule has 0 bridgehead atoms. The number of para-hydroxylation sites is 1. The van der Waals surface area contributed by atoms with E-state index >= 15 is 0 Å². The van der Waals surface area contributed by atoms with E-state index in [1.165, 1.54) is 19.3 Å². The standard InChI is InChI=1S/C28H33N3O4/c1-2-3-4-7-16-34-20-14-12-19(13-15-20)27-24-25(22-10-5-6-11-23(22)32)29-30-26(24)28(33)31(27)18-21-9-8-17-35-21/h5-6,10-15,21,27,32H,2-4,7-9,16-18H2,1H3,(H,29,30). The predicted molar refractivity (Wildman–Crippen MR) is 134 cm³/mol. The highest BCUT2D eigenvalue weighted by molar-refractivity contribution is 6.00. The van der Waals surface area contributed by atoms with E-state index < -0.39 is 0 Å². The maximum absolute atomic E-state index is 13.5. The molecule has 1 saturated heterocycles. The van der Waals surface area contributed by atoms with E-state index in [-0.39, 0.29) is 23.8 Å². The molecule has 5 rings (SSSR count). The average molecular weight is 476 g/mol. The van der Waals surface area contributed by atoms with Crippen molar-refractivity contribution >= 4 is 5.91 Å². The molecule has 2 unspecified atom stereocenters. The number of ether oxygens (including phenoxy) is 2. The number of unbranched alkanes of at least 4 members (excludes halogenated alkanes) is 3. The fraction of sp³-hybridized carbons (Fsp3) is 0.429. The molecule has 3 heterocycles. The third-order valence-corrected chi connectivity index (χ3v) is 6.91. The van der Waals surface area contributed by atoms with E-state index in [9.17, 15) is 9.90 Å². The van der Waals surface area contributed by atoms with E-state index in [0.29, 0.717) is 30.1 Å². The summed E-state index contributed by atoms with van der Waals surface area (Å²) in [6, 6.07) is 14.8. The molecular formula is C28H33N3O4. The first-order valence-corrected chi connectivity index (χ1v) is 12.7. The normalized spacial score (nSPS) is 19.3. The number of benzene rings is 2. The van der Waals surface area contributed by atoms with Crippen LogP contribution in [-0.2, 0) is 4.74 Å². The van der Waals surface area contributed by atoms with Crippen molar-refractivity contribution in [3.63, 3.8) is 0 Å². The van der Waals surface area contributed by atoms with Gasteiger partial charge in [0, 0.05) is 24.3 Å². The zero-order chi connectivity index (χ0) is 24.2. The third-order valence-electron chi connectivity index (χ3n) is 6.91. The van der Waals surface area contributed by atoms with Gasteiger partial charge in [0.25, 0.3) is 5.91 Å². The second kappa shape index (κ2) is 10.5. The Hall–Kier alpha value is -3.32. The fourth-order valence-corrected chi connectivity index (χ4v) is 5.08. The van der Waals surface area contributed by atoms with E-state index in [1.807, 2.05) is 41.3 Å². The van der Waals surface area contributed by atoms with Gasteiger partial charge in [-0.05, 0) is 49.1 Å². The van der Waals surface area contributed by atoms with Gasteiger partial charge < -0.3 is 19.5 Å². The molecule has 7 nitrogen and oxygen atoms in total. The van der Waals surface area contributed by atoms with Crippen LogP contribution >= 0.6 is 0 Å². The van der Waals surface area contributed by atoms with Crippen LogP contribution in [0, 0.1) is 0 Å². The van der Waals surface area contributed by atoms with Gasteiger partial charge in [0.2, 0.25) is 0 Å². The number of amides is 1. The highest BCUT2D eigenvalue weighted by Gasteiger charge is 2.43. The number of aromatic hydroxyl groups is 1. The van der Waals surface area contributed by atoms with Gasteiger partial charge in [0.05, 0.1) is 18.8 Å². The Labute approximate surface area is 206 Å². The molecule has 2 aliphatic heterocycles. The van der Waals surface area contributed by atoms with Gasteiger partial charge in [-0.2, -0.15) is 5.10 Å². The Morgan fingerprint density at radius 1 is 1.14 bits per heavy atom. The SMILES string of the molecule is CCCCCCOc1ccc(C2c3c(-c4ccccc4O)n[nH]c3C(=O)N2CC2CCCO2)cc1. The highest BCUT2D eigenvalue weighted by atomic mass is 16.5. The zero-order valence-corrected chi connectivity index (χ0v) is 20.2. The number of fused-ring (bicyclic) bond motifs is 1. The molecule has 2 N–H and O–H groups in total. The molecule has 0 radical (unpaired) electrons. The number of nitrogens with one attached hydrogen (secondary N) is 1. The quantitative estimate of drug-likeness (QED) is 0.380. The van der Waals surface area contributed by atoms with E-state index in [4.69, 9.17) is 9.47 Å². The van der Waals surface area contributed by atoms with E-state index in [0.717, 1.165) is 42.7 Å². The lowest BCUT2D eigenvalue weighted by atomic mass is 9.95. The maximum Gasteiger partial charge on any atom is 0.273 e. The number of aromatic amines is 1. The van der Waals surface area contributed by atoms with Gasteiger partial charge in [0.1, 0.15) is 22.9 Å². The maximum atomic E-state index is 13.5. The number of phenolic OH excluding ortho intramolecular Hbond substituents is 1. The monoisotopic (exact) mass is 475 g/mol. The van der Waals surface area contributed by atoms with Gasteiger partial charge in [-0.15, -0.1) is 0 Å². The number of carbonyl (C=O) groups is 1. The molecule has 35 heavy (non-hydrogen) atoms. The molecule has 2 aliphatic rings. The van der Waals surface area contributed by atoms with Crippen molar-refractivity contribution in [3.8, 4) is 22.8 Å². The molecule has 1 amide bonds. The molecule has 1 fully saturated rings. The summed E-state index contributed by atoms with van der Waals surface area (Å²) in [7, 11) is 0. The molecular weight excluding hydrogens is 442 g/mol. The van der Waals surface area contributed by atoms with Crippen molar-refractivity contribution in [1.29, 1.82) is 0 Å². The van der Waals surface area contributed by atoms with Crippen LogP contribution in [-0.4, -0.2) is 52.0 Å². The summed E-state index contributed by atoms with van der Waals surface area (Å²) in [6.45, 7) is 4.15. The second-order valence-corrected chi connectivity index (χ2v) is 9.35. The largest absolute Gasteiger partial charge is 0.507 e. The lowest BCUT2D eigenvalue weighted by molar-refractivity contribution is 0.0495. The van der Waals surface area contributed by atoms with Crippen molar-refractivity contribution in [3.05, 3.63) is 65.4 Å². The second-order valence-electron chi connectivity index (χ2n) is 9.35. The van der Waals surface area contributed by atoms with Gasteiger partial charge in [0.15, 0.2) is 0 Å². The Kier molecular flexibility index (Phi) is 7.04. The van der Waals surface area contributed by atoms with Crippen LogP contribution in [0.4, 0.5) is 0 Å². The summed E-state index contributed by atoms with van der Waals surface area (Å²) in [5.74, 6) is 0.872. The summed E-state index contributed by atoms with van der Waals surface area (Å²) in [5, 5.41) is 17.9. The fourth-order valence-electron chi connectivity index (χ4n) is 5.08. The van der Waals surface area contributed by atoms with Crippen molar-refractivity contribution in [2.75, 3.05) is 19.8 Å². The van der Waals surface area contributed by atoms with Gasteiger partial charge in [-0.25, -0.2) is 0 Å². The minimum Gasteiger partial charge on any atom is -0.507 e. The molecule has 2 atom stereocenters. The van der Waals surface area contributed by atoms with Crippen molar-refractivity contribution in [2.24, 2.45) is 0 Å². The first-order chi connectivity index (χ1) is 17.2. The number of aromatic nitrogens is 2. The summed E-state index contributed by atoms with van der Waals surface area (Å²) in [6.07, 6.45) is 6.63. The molecule has 0 saturated carbocycles. The van der Waals surface area contributed by atoms with Crippen molar-refractivity contribution in [1.82, 2.24) is 15.1 Å². The Morgan fingerprint density at radius 2 is 1.97 bits per heavy atom. The van der Waals surface area contributed by atoms with E-state index in [1.54, 1.807) is 12.1 Å². The number of phenols is 1. The summed E-state index contributed by atoms with van der Waals surface area (Å²) in [5.41, 5.74) is 3.45. The predicted octanol–water partition coefficient (Wildman–Crippen LogP) is 5.47. The molecule has 2 aromatic carbocycles. The smallest absolute Gasteiger partial charge is 0.273 e. The molecule has 1 aromatic heterocycles. The number of rotatable bonds is 10. The van der Waals surface area contributed by atoms with Crippen molar-refractivity contribution < 1.29 is 19.4 Å². The minimum atomic E-state index is -0.325. The molecule has 3 aromatic rings. The number of H-pyrrole nitrogens is 1. The van der Waals surface area contributed by atoms with Gasteiger partial charge >= 0.3 is 0 Å². The van der Waals surface area contributed by atoms with Gasteiger partial charge in [-0.3, -0.25) is 9.89 Å². The Morgan fingerprint density at radius 3 is 2.71 bits per heavy atom. The van der Waals surface area contributed by atoms with E-state index in [2.05, 4.69) is 17.1 Å². The summed E-state index contributed by atoms with van der Waals surface area (Å²) < 4.78 is 11.8. The molecule has 7 heteroatoms. The number of hydrogen-bond donors (Lipinski definition) is 2. The van der Waals surface area contributed by atoms with Crippen LogP contribution in [0.25, 0.3) is 11.3 Å². The van der Waals surface area contributed by atoms with Crippen molar-refractivity contribution in [2.45, 2.75) is 57.6 Å². The first-order valence-electron chi connectivity index (χ1n) is 12.7. The molecule has 0 aliphatic carbocycles. The van der Waals surface area contributed by atoms with Crippen LogP contribution < -0.4 is 4.74 Å². The first kappa shape index (κ1) is 23.4. The Bertz CT molecular complexity index is 1150. The number of carbonyl (C=O) groups excluding carboxylic acids is 1. The van der Waals surface area contributed by atoms with Crippen LogP contribution in [0.3, 0.4) is 0 Å². The number of hydrogen-bond acceptors (Lipinski definition) is 5. The zero-order valence-electron chi connectivity index (χ0n) is 20.2. The lowest BCUT2D eigenvalue weighted by Gasteiger charge is -2.28. The van der Waals surface area contributed by atoms with Crippen LogP contribution in [0.2, 0.25) is 0 Å².